The van der Waals surface area contributed by atoms with Crippen molar-refractivity contribution >= 4 is 62.4 Å². The number of halogens is 1. The summed E-state index contributed by atoms with van der Waals surface area (Å²) in [7, 11) is 2.05. The summed E-state index contributed by atoms with van der Waals surface area (Å²) in [5.41, 5.74) is 3.56. The predicted molar refractivity (Wildman–Crippen MR) is 148 cm³/mol. The number of carbonyl (C=O) groups excluding carboxylic acids is 2. The van der Waals surface area contributed by atoms with E-state index in [1.165, 1.54) is 5.56 Å². The van der Waals surface area contributed by atoms with E-state index in [9.17, 15) is 9.59 Å². The highest BCUT2D eigenvalue weighted by Crippen LogP contribution is 2.33. The molecular weight excluding hydrogens is 512 g/mol. The number of aromatic nitrogens is 1. The molecule has 0 aliphatic carbocycles. The van der Waals surface area contributed by atoms with Crippen molar-refractivity contribution in [1.29, 1.82) is 0 Å². The number of carbonyl (C=O) groups is 2. The third-order valence-corrected chi connectivity index (χ3v) is 8.58. The van der Waals surface area contributed by atoms with Crippen molar-refractivity contribution in [3.63, 3.8) is 0 Å². The van der Waals surface area contributed by atoms with Gasteiger partial charge in [-0.1, -0.05) is 47.6 Å². The first kappa shape index (κ1) is 24.8. The van der Waals surface area contributed by atoms with Crippen LogP contribution >= 0.6 is 34.7 Å². The van der Waals surface area contributed by atoms with Crippen LogP contribution in [-0.4, -0.2) is 59.8 Å². The number of nitrogens with zero attached hydrogens (tertiary/aromatic N) is 3. The van der Waals surface area contributed by atoms with Crippen LogP contribution in [0.5, 0.6) is 0 Å². The quantitative estimate of drug-likeness (QED) is 0.312. The second-order valence-corrected chi connectivity index (χ2v) is 11.4. The second kappa shape index (κ2) is 11.0. The monoisotopic (exact) mass is 536 g/mol. The number of rotatable bonds is 6. The first-order valence-corrected chi connectivity index (χ1v) is 13.8. The number of fused-ring (bicyclic) bond motifs is 1. The number of hydrogen-bond donors (Lipinski definition) is 1. The highest BCUT2D eigenvalue weighted by molar-refractivity contribution is 8.00. The summed E-state index contributed by atoms with van der Waals surface area (Å²) in [4.78, 5) is 35.1. The van der Waals surface area contributed by atoms with E-state index in [2.05, 4.69) is 10.2 Å². The van der Waals surface area contributed by atoms with Gasteiger partial charge < -0.3 is 15.1 Å². The van der Waals surface area contributed by atoms with Crippen LogP contribution in [0.25, 0.3) is 10.2 Å². The lowest BCUT2D eigenvalue weighted by atomic mass is 10.0. The standard InChI is InChI=1S/C27H25ClN4O2S2/c1-31-12-14-32(15-13-31)26(34)22-5-3-2-4-21(22)25(33)29-20-10-11-23-24(16-20)36-27(30-23)35-17-18-6-8-19(28)9-7-18/h2-11,16H,12-15,17H2,1H3,(H,29,33). The van der Waals surface area contributed by atoms with Gasteiger partial charge in [0, 0.05) is 42.6 Å². The molecule has 1 fully saturated rings. The number of piperazine rings is 1. The van der Waals surface area contributed by atoms with Crippen LogP contribution in [0.15, 0.2) is 71.1 Å². The van der Waals surface area contributed by atoms with Gasteiger partial charge in [-0.15, -0.1) is 11.3 Å². The first-order chi connectivity index (χ1) is 17.5. The lowest BCUT2D eigenvalue weighted by Crippen LogP contribution is -2.47. The van der Waals surface area contributed by atoms with E-state index in [4.69, 9.17) is 16.6 Å². The molecule has 6 nitrogen and oxygen atoms in total. The average Bonchev–Trinajstić information content (AvgIpc) is 3.30. The van der Waals surface area contributed by atoms with Crippen molar-refractivity contribution in [3.05, 3.63) is 88.4 Å². The highest BCUT2D eigenvalue weighted by Gasteiger charge is 2.24. The molecule has 5 rings (SSSR count). The Labute approximate surface area is 223 Å². The zero-order valence-electron chi connectivity index (χ0n) is 19.7. The van der Waals surface area contributed by atoms with Gasteiger partial charge in [0.05, 0.1) is 21.3 Å². The lowest BCUT2D eigenvalue weighted by molar-refractivity contribution is 0.0660. The molecule has 1 aliphatic heterocycles. The van der Waals surface area contributed by atoms with Crippen molar-refractivity contribution < 1.29 is 9.59 Å². The normalized spacial score (nSPS) is 14.2. The third-order valence-electron chi connectivity index (χ3n) is 6.09. The van der Waals surface area contributed by atoms with Gasteiger partial charge in [0.15, 0.2) is 4.34 Å². The number of benzene rings is 3. The van der Waals surface area contributed by atoms with Gasteiger partial charge in [0.2, 0.25) is 0 Å². The number of likely N-dealkylation sites (N-methyl/N-ethyl adjacent to an activating group) is 1. The number of anilines is 1. The molecule has 4 aromatic rings. The lowest BCUT2D eigenvalue weighted by Gasteiger charge is -2.32. The van der Waals surface area contributed by atoms with Gasteiger partial charge in [-0.25, -0.2) is 4.98 Å². The minimum absolute atomic E-state index is 0.103. The Bertz CT molecular complexity index is 1400. The molecule has 3 aromatic carbocycles. The van der Waals surface area contributed by atoms with Gasteiger partial charge in [-0.05, 0) is 55.1 Å². The van der Waals surface area contributed by atoms with E-state index >= 15 is 0 Å². The zero-order valence-corrected chi connectivity index (χ0v) is 22.1. The molecule has 1 saturated heterocycles. The molecule has 1 N–H and O–H groups in total. The highest BCUT2D eigenvalue weighted by atomic mass is 35.5. The molecule has 9 heteroatoms. The fourth-order valence-corrected chi connectivity index (χ4v) is 6.20. The summed E-state index contributed by atoms with van der Waals surface area (Å²) in [6, 6.07) is 20.5. The Kier molecular flexibility index (Phi) is 7.57. The number of hydrogen-bond acceptors (Lipinski definition) is 6. The Morgan fingerprint density at radius 3 is 2.47 bits per heavy atom. The number of amides is 2. The third kappa shape index (κ3) is 5.73. The smallest absolute Gasteiger partial charge is 0.256 e. The Morgan fingerprint density at radius 2 is 1.72 bits per heavy atom. The van der Waals surface area contributed by atoms with E-state index < -0.39 is 0 Å². The van der Waals surface area contributed by atoms with Crippen LogP contribution in [0.3, 0.4) is 0 Å². The molecule has 0 bridgehead atoms. The van der Waals surface area contributed by atoms with Crippen molar-refractivity contribution in [2.24, 2.45) is 0 Å². The van der Waals surface area contributed by atoms with E-state index in [1.54, 1.807) is 47.4 Å². The van der Waals surface area contributed by atoms with E-state index in [1.807, 2.05) is 54.4 Å². The minimum Gasteiger partial charge on any atom is -0.336 e. The molecular formula is C27H25ClN4O2S2. The van der Waals surface area contributed by atoms with Crippen LogP contribution < -0.4 is 5.32 Å². The maximum absolute atomic E-state index is 13.2. The van der Waals surface area contributed by atoms with Gasteiger partial charge in [0.1, 0.15) is 0 Å². The van der Waals surface area contributed by atoms with E-state index in [0.717, 1.165) is 38.4 Å². The first-order valence-electron chi connectivity index (χ1n) is 11.6. The maximum atomic E-state index is 13.2. The summed E-state index contributed by atoms with van der Waals surface area (Å²) in [6.45, 7) is 2.97. The van der Waals surface area contributed by atoms with E-state index in [-0.39, 0.29) is 11.8 Å². The second-order valence-electron chi connectivity index (χ2n) is 8.67. The predicted octanol–water partition coefficient (Wildman–Crippen LogP) is 5.88. The molecule has 0 spiro atoms. The maximum Gasteiger partial charge on any atom is 0.256 e. The molecule has 0 atom stereocenters. The summed E-state index contributed by atoms with van der Waals surface area (Å²) in [5, 5.41) is 3.70. The van der Waals surface area contributed by atoms with Crippen LogP contribution in [0.1, 0.15) is 26.3 Å². The van der Waals surface area contributed by atoms with Gasteiger partial charge >= 0.3 is 0 Å². The van der Waals surface area contributed by atoms with Gasteiger partial charge in [0.25, 0.3) is 11.8 Å². The molecule has 2 heterocycles. The molecule has 0 saturated carbocycles. The van der Waals surface area contributed by atoms with Gasteiger partial charge in [-0.3, -0.25) is 9.59 Å². The van der Waals surface area contributed by atoms with Crippen LogP contribution in [-0.2, 0) is 5.75 Å². The van der Waals surface area contributed by atoms with Crippen LogP contribution in [0.4, 0.5) is 5.69 Å². The average molecular weight is 537 g/mol. The largest absolute Gasteiger partial charge is 0.336 e. The Balaban J connectivity index is 1.28. The molecule has 0 unspecified atom stereocenters. The molecule has 36 heavy (non-hydrogen) atoms. The topological polar surface area (TPSA) is 65.5 Å². The summed E-state index contributed by atoms with van der Waals surface area (Å²) >= 11 is 9.23. The van der Waals surface area contributed by atoms with Crippen LogP contribution in [0, 0.1) is 0 Å². The minimum atomic E-state index is -0.297. The molecule has 2 amide bonds. The number of thioether (sulfide) groups is 1. The fraction of sp³-hybridized carbons (Fsp3) is 0.222. The van der Waals surface area contributed by atoms with Crippen molar-refractivity contribution in [2.45, 2.75) is 10.1 Å². The summed E-state index contributed by atoms with van der Waals surface area (Å²) < 4.78 is 1.96. The van der Waals surface area contributed by atoms with Crippen molar-refractivity contribution in [2.75, 3.05) is 38.5 Å². The number of nitrogens with one attached hydrogen (secondary N) is 1. The van der Waals surface area contributed by atoms with E-state index in [0.29, 0.717) is 29.9 Å². The molecule has 0 radical (unpaired) electrons. The summed E-state index contributed by atoms with van der Waals surface area (Å²) in [6.07, 6.45) is 0. The summed E-state index contributed by atoms with van der Waals surface area (Å²) in [5.74, 6) is 0.405. The van der Waals surface area contributed by atoms with Gasteiger partial charge in [-0.2, -0.15) is 0 Å². The Morgan fingerprint density at radius 1 is 1.00 bits per heavy atom. The van der Waals surface area contributed by atoms with Crippen molar-refractivity contribution in [1.82, 2.24) is 14.8 Å². The van der Waals surface area contributed by atoms with Crippen LogP contribution in [0.2, 0.25) is 5.02 Å². The molecule has 184 valence electrons. The fourth-order valence-electron chi connectivity index (χ4n) is 4.01. The zero-order chi connectivity index (χ0) is 25.1. The number of thiazole rings is 1. The SMILES string of the molecule is CN1CCN(C(=O)c2ccccc2C(=O)Nc2ccc3nc(SCc4ccc(Cl)cc4)sc3c2)CC1. The molecule has 1 aromatic heterocycles. The van der Waals surface area contributed by atoms with Crippen molar-refractivity contribution in [3.8, 4) is 0 Å². The Hall–Kier alpha value is -2.91. The molecule has 1 aliphatic rings.